The summed E-state index contributed by atoms with van der Waals surface area (Å²) in [5, 5.41) is 0. The minimum Gasteiger partial charge on any atom is -0.465 e. The molecule has 0 rings (SSSR count). The molecular weight excluding hydrogens is 970 g/mol. The number of ether oxygens (including phenoxy) is 4. The van der Waals surface area contributed by atoms with Crippen molar-refractivity contribution >= 4 is 31.5 Å². The summed E-state index contributed by atoms with van der Waals surface area (Å²) in [4.78, 5) is 60.5. The Kier molecular flexibility index (Phi) is 60.6. The average molecular weight is 1100 g/mol. The van der Waals surface area contributed by atoms with Crippen LogP contribution in [0, 0.1) is 19.3 Å². The van der Waals surface area contributed by atoms with E-state index in [-0.39, 0.29) is 86.6 Å². The molecule has 0 spiro atoms. The van der Waals surface area contributed by atoms with E-state index in [2.05, 4.69) is 35.0 Å². The Balaban J connectivity index is -0.00000408. The molecule has 0 aromatic carbocycles. The Bertz CT molecular complexity index is 1340. The zero-order valence-corrected chi connectivity index (χ0v) is 49.0. The highest BCUT2D eigenvalue weighted by Gasteiger charge is 2.27. The standard InChI is InChI=1S/C57H110NO12P.3CH4.CH3/c1-9-11-13-15-17-19-21-23-25-27-29-31-33-35-37-40-55(60)67-48-54(70-56(61)41-38-36-34-32-30-28-26-24-22-20-18-16-14-12-10-2)49-69-71(63,64)68-43-39-42-65-57(62)51(4)44-50(3)47-66-53(45-52(5)59)46-58(6,7)8;;;;/h50-51,53-54H,9-49H2,1-8H3;3*1H4;1H3/q;;;;-1/p+1/t50?,51?,53?,54-;;;;/m1..../s1. The van der Waals surface area contributed by atoms with Gasteiger partial charge in [-0.15, -0.1) is 0 Å². The van der Waals surface area contributed by atoms with Gasteiger partial charge in [0.15, 0.2) is 6.10 Å². The molecule has 0 heterocycles. The first-order valence-corrected chi connectivity index (χ1v) is 30.5. The van der Waals surface area contributed by atoms with Crippen LogP contribution in [0.2, 0.25) is 0 Å². The second-order valence-corrected chi connectivity index (χ2v) is 23.3. The minimum absolute atomic E-state index is 0. The van der Waals surface area contributed by atoms with Gasteiger partial charge in [0.05, 0.1) is 46.9 Å². The number of hydrogen-bond acceptors (Lipinski definition) is 11. The molecule has 0 aliphatic carbocycles. The fourth-order valence-corrected chi connectivity index (χ4v) is 9.63. The smallest absolute Gasteiger partial charge is 0.465 e. The van der Waals surface area contributed by atoms with Crippen LogP contribution in [0.1, 0.15) is 282 Å². The van der Waals surface area contributed by atoms with Gasteiger partial charge in [0, 0.05) is 32.3 Å². The van der Waals surface area contributed by atoms with Crippen molar-refractivity contribution in [1.29, 1.82) is 0 Å². The van der Waals surface area contributed by atoms with Gasteiger partial charge in [0.2, 0.25) is 0 Å². The van der Waals surface area contributed by atoms with Crippen molar-refractivity contribution in [2.75, 3.05) is 60.7 Å². The molecule has 1 N–H and O–H groups in total. The van der Waals surface area contributed by atoms with Crippen LogP contribution in [0.3, 0.4) is 0 Å². The van der Waals surface area contributed by atoms with Crippen molar-refractivity contribution < 1.29 is 61.1 Å². The van der Waals surface area contributed by atoms with Crippen LogP contribution < -0.4 is 0 Å². The van der Waals surface area contributed by atoms with E-state index in [1.54, 1.807) is 13.8 Å². The number of Topliss-reactive ketones (excluding diaryl/α,β-unsaturated/α-hetero) is 1. The number of nitrogens with zero attached hydrogens (tertiary/aromatic N) is 1. The molecule has 75 heavy (non-hydrogen) atoms. The average Bonchev–Trinajstić information content (AvgIpc) is 3.30. The molecule has 5 atom stereocenters. The number of likely N-dealkylation sites (N-methyl/N-ethyl adjacent to an activating group) is 1. The van der Waals surface area contributed by atoms with Crippen LogP contribution >= 0.6 is 7.82 Å². The number of carbonyl (C=O) groups excluding carboxylic acids is 4. The van der Waals surface area contributed by atoms with Gasteiger partial charge in [-0.25, -0.2) is 4.57 Å². The van der Waals surface area contributed by atoms with E-state index in [1.165, 1.54) is 141 Å². The summed E-state index contributed by atoms with van der Waals surface area (Å²) in [7, 11) is 1.57. The van der Waals surface area contributed by atoms with Gasteiger partial charge >= 0.3 is 25.7 Å². The predicted molar refractivity (Wildman–Crippen MR) is 315 cm³/mol. The van der Waals surface area contributed by atoms with Crippen molar-refractivity contribution in [2.45, 2.75) is 294 Å². The lowest BCUT2D eigenvalue weighted by molar-refractivity contribution is -0.873. The number of unbranched alkanes of at least 4 members (excludes halogenated alkanes) is 28. The molecule has 0 aliphatic heterocycles. The number of rotatable bonds is 53. The molecule has 14 heteroatoms. The molecule has 0 fully saturated rings. The zero-order valence-electron chi connectivity index (χ0n) is 48.1. The van der Waals surface area contributed by atoms with E-state index in [9.17, 15) is 28.6 Å². The zero-order chi connectivity index (χ0) is 52.9. The van der Waals surface area contributed by atoms with E-state index >= 15 is 0 Å². The Morgan fingerprint density at radius 2 is 0.907 bits per heavy atom. The van der Waals surface area contributed by atoms with E-state index in [4.69, 9.17) is 28.0 Å². The Morgan fingerprint density at radius 3 is 1.31 bits per heavy atom. The largest absolute Gasteiger partial charge is 0.472 e. The Labute approximate surface area is 464 Å². The van der Waals surface area contributed by atoms with Crippen molar-refractivity contribution in [3.05, 3.63) is 7.43 Å². The summed E-state index contributed by atoms with van der Waals surface area (Å²) in [6.07, 6.45) is 36.9. The molecule has 0 amide bonds. The van der Waals surface area contributed by atoms with Gasteiger partial charge in [-0.2, -0.15) is 0 Å². The van der Waals surface area contributed by atoms with E-state index < -0.39 is 44.4 Å². The molecule has 0 saturated heterocycles. The van der Waals surface area contributed by atoms with Gasteiger partial charge in [-0.1, -0.05) is 230 Å². The maximum Gasteiger partial charge on any atom is 0.472 e. The maximum atomic E-state index is 12.9. The first-order valence-electron chi connectivity index (χ1n) is 29.0. The summed E-state index contributed by atoms with van der Waals surface area (Å²) >= 11 is 0. The normalized spacial score (nSPS) is 13.6. The van der Waals surface area contributed by atoms with Gasteiger partial charge in [0.25, 0.3) is 0 Å². The second kappa shape index (κ2) is 55.4. The monoisotopic (exact) mass is 1100 g/mol. The summed E-state index contributed by atoms with van der Waals surface area (Å²) in [5.74, 6) is -1.55. The van der Waals surface area contributed by atoms with Crippen LogP contribution in [0.15, 0.2) is 0 Å². The summed E-state index contributed by atoms with van der Waals surface area (Å²) < 4.78 is 46.5. The fourth-order valence-electron chi connectivity index (χ4n) is 8.84. The first kappa shape index (κ1) is 81.9. The minimum atomic E-state index is -4.59. The summed E-state index contributed by atoms with van der Waals surface area (Å²) in [6.45, 7) is 9.92. The van der Waals surface area contributed by atoms with Crippen LogP contribution in [0.4, 0.5) is 0 Å². The molecule has 4 unspecified atom stereocenters. The van der Waals surface area contributed by atoms with Gasteiger partial charge in [0.1, 0.15) is 25.0 Å². The highest BCUT2D eigenvalue weighted by Crippen LogP contribution is 2.43. The van der Waals surface area contributed by atoms with Crippen LogP contribution in [-0.2, 0) is 51.7 Å². The molecule has 0 saturated carbocycles. The lowest BCUT2D eigenvalue weighted by atomic mass is 9.98. The number of quaternary nitrogens is 1. The number of hydrogen-bond donors (Lipinski definition) is 1. The highest BCUT2D eigenvalue weighted by atomic mass is 31.2. The van der Waals surface area contributed by atoms with Crippen LogP contribution in [-0.4, -0.2) is 106 Å². The molecule has 0 aromatic heterocycles. The van der Waals surface area contributed by atoms with E-state index in [1.807, 2.05) is 6.92 Å². The highest BCUT2D eigenvalue weighted by molar-refractivity contribution is 7.47. The topological polar surface area (TPSA) is 161 Å². The summed E-state index contributed by atoms with van der Waals surface area (Å²) in [6, 6.07) is 0. The molecule has 0 aromatic rings. The van der Waals surface area contributed by atoms with Crippen molar-refractivity contribution in [2.24, 2.45) is 11.8 Å². The van der Waals surface area contributed by atoms with Crippen molar-refractivity contribution in [3.63, 3.8) is 0 Å². The molecule has 0 radical (unpaired) electrons. The maximum absolute atomic E-state index is 12.9. The number of esters is 3. The number of carbonyl (C=O) groups is 4. The number of phosphoric ester groups is 1. The molecule has 0 aliphatic rings. The SMILES string of the molecule is C.C.C.CCCCCCCCCCCCCCCCCC(=O)OC[C@H](COP(=O)(O)OCCCOC(=O)C(C)CC(C)COC(CC(C)=O)C[N+](C)(C)C)OC(=O)CCCCCCCCCCCCCCCCC.[CH3-]. The third-order valence-electron chi connectivity index (χ3n) is 12.9. The molecular formula is C61H126NO12P. The van der Waals surface area contributed by atoms with Gasteiger partial charge in [-0.3, -0.25) is 28.2 Å². The first-order chi connectivity index (χ1) is 34.0. The molecule has 452 valence electrons. The summed E-state index contributed by atoms with van der Waals surface area (Å²) in [5.41, 5.74) is 0. The third-order valence-corrected chi connectivity index (χ3v) is 13.9. The quantitative estimate of drug-likeness (QED) is 0.0154. The van der Waals surface area contributed by atoms with Gasteiger partial charge < -0.3 is 35.8 Å². The van der Waals surface area contributed by atoms with Gasteiger partial charge in [-0.05, 0) is 32.1 Å². The Hall–Kier alpha value is -1.89. The van der Waals surface area contributed by atoms with Crippen molar-refractivity contribution in [1.82, 2.24) is 0 Å². The van der Waals surface area contributed by atoms with Crippen LogP contribution in [0.5, 0.6) is 0 Å². The molecule has 13 nitrogen and oxygen atoms in total. The third kappa shape index (κ3) is 58.1. The predicted octanol–water partition coefficient (Wildman–Crippen LogP) is 17.1. The number of phosphoric acid groups is 1. The lowest BCUT2D eigenvalue weighted by Gasteiger charge is -2.29. The Morgan fingerprint density at radius 1 is 0.507 bits per heavy atom. The second-order valence-electron chi connectivity index (χ2n) is 21.9. The van der Waals surface area contributed by atoms with Crippen molar-refractivity contribution in [3.8, 4) is 0 Å². The number of ketones is 1. The lowest BCUT2D eigenvalue weighted by Crippen LogP contribution is -2.43. The van der Waals surface area contributed by atoms with Crippen LogP contribution in [0.25, 0.3) is 0 Å². The fraction of sp³-hybridized carbons (Fsp3) is 0.918. The van der Waals surface area contributed by atoms with E-state index in [0.717, 1.165) is 38.5 Å². The molecule has 0 bridgehead atoms. The van der Waals surface area contributed by atoms with E-state index in [0.29, 0.717) is 43.3 Å².